The van der Waals surface area contributed by atoms with Gasteiger partial charge in [-0.2, -0.15) is 0 Å². The van der Waals surface area contributed by atoms with Gasteiger partial charge in [0.25, 0.3) is 0 Å². The minimum atomic E-state index is 0.0743. The van der Waals surface area contributed by atoms with Crippen molar-refractivity contribution in [3.8, 4) is 11.5 Å². The summed E-state index contributed by atoms with van der Waals surface area (Å²) in [6.45, 7) is 4.42. The van der Waals surface area contributed by atoms with Crippen LogP contribution in [-0.2, 0) is 0 Å². The molecular weight excluding hydrogens is 226 g/mol. The third-order valence-electron chi connectivity index (χ3n) is 3.96. The quantitative estimate of drug-likeness (QED) is 0.890. The molecule has 1 aliphatic rings. The molecule has 0 aliphatic carbocycles. The Morgan fingerprint density at radius 3 is 2.72 bits per heavy atom. The van der Waals surface area contributed by atoms with Crippen LogP contribution >= 0.6 is 0 Å². The van der Waals surface area contributed by atoms with Gasteiger partial charge >= 0.3 is 0 Å². The normalized spacial score (nSPS) is 22.5. The first-order chi connectivity index (χ1) is 8.69. The first-order valence-electron chi connectivity index (χ1n) is 6.79. The van der Waals surface area contributed by atoms with Crippen molar-refractivity contribution >= 4 is 0 Å². The Morgan fingerprint density at radius 1 is 1.39 bits per heavy atom. The van der Waals surface area contributed by atoms with Gasteiger partial charge in [-0.25, -0.2) is 0 Å². The number of ether oxygens (including phenoxy) is 2. The molecule has 1 aliphatic heterocycles. The fraction of sp³-hybridized carbons (Fsp3) is 0.600. The molecule has 0 saturated carbocycles. The highest BCUT2D eigenvalue weighted by atomic mass is 16.5. The third-order valence-corrected chi connectivity index (χ3v) is 3.96. The Bertz CT molecular complexity index is 401. The van der Waals surface area contributed by atoms with Crippen LogP contribution in [0.1, 0.15) is 44.7 Å². The second-order valence-electron chi connectivity index (χ2n) is 4.98. The van der Waals surface area contributed by atoms with Gasteiger partial charge in [0, 0.05) is 24.1 Å². The van der Waals surface area contributed by atoms with Gasteiger partial charge in [0.2, 0.25) is 0 Å². The zero-order chi connectivity index (χ0) is 13.1. The lowest BCUT2D eigenvalue weighted by molar-refractivity contribution is 0.0941. The summed E-state index contributed by atoms with van der Waals surface area (Å²) in [5.74, 6) is 2.30. The van der Waals surface area contributed by atoms with Crippen LogP contribution in [-0.4, -0.2) is 13.2 Å². The molecule has 3 nitrogen and oxygen atoms in total. The largest absolute Gasteiger partial charge is 0.497 e. The van der Waals surface area contributed by atoms with Gasteiger partial charge in [0.05, 0.1) is 7.11 Å². The molecule has 0 amide bonds. The minimum Gasteiger partial charge on any atom is -0.497 e. The van der Waals surface area contributed by atoms with Crippen LogP contribution in [0.2, 0.25) is 0 Å². The molecule has 1 aromatic carbocycles. The fourth-order valence-electron chi connectivity index (χ4n) is 2.74. The number of fused-ring (bicyclic) bond motifs is 1. The van der Waals surface area contributed by atoms with E-state index in [1.807, 2.05) is 18.2 Å². The van der Waals surface area contributed by atoms with E-state index in [1.165, 1.54) is 0 Å². The van der Waals surface area contributed by atoms with Gasteiger partial charge in [-0.05, 0) is 24.8 Å². The number of benzene rings is 1. The van der Waals surface area contributed by atoms with E-state index in [0.29, 0.717) is 5.92 Å². The average molecular weight is 249 g/mol. The third kappa shape index (κ3) is 2.46. The molecule has 0 fully saturated rings. The van der Waals surface area contributed by atoms with Gasteiger partial charge < -0.3 is 15.2 Å². The molecule has 18 heavy (non-hydrogen) atoms. The molecule has 100 valence electrons. The highest BCUT2D eigenvalue weighted by molar-refractivity contribution is 5.43. The summed E-state index contributed by atoms with van der Waals surface area (Å²) in [6, 6.07) is 5.98. The van der Waals surface area contributed by atoms with Crippen LogP contribution < -0.4 is 15.2 Å². The summed E-state index contributed by atoms with van der Waals surface area (Å²) in [7, 11) is 1.67. The Kier molecular flexibility index (Phi) is 4.12. The van der Waals surface area contributed by atoms with E-state index in [0.717, 1.165) is 36.3 Å². The number of rotatable bonds is 4. The molecule has 0 aromatic heterocycles. The predicted molar refractivity (Wildman–Crippen MR) is 73.0 cm³/mol. The van der Waals surface area contributed by atoms with Gasteiger partial charge in [0.1, 0.15) is 17.6 Å². The summed E-state index contributed by atoms with van der Waals surface area (Å²) in [4.78, 5) is 0. The second kappa shape index (κ2) is 5.61. The Morgan fingerprint density at radius 2 is 2.11 bits per heavy atom. The van der Waals surface area contributed by atoms with E-state index in [-0.39, 0.29) is 12.1 Å². The lowest BCUT2D eigenvalue weighted by Gasteiger charge is -2.34. The number of methoxy groups -OCH3 is 1. The smallest absolute Gasteiger partial charge is 0.128 e. The van der Waals surface area contributed by atoms with Crippen molar-refractivity contribution in [3.63, 3.8) is 0 Å². The SMILES string of the molecule is CCC(CC)C1C[C@H](N)c2ccc(OC)cc2O1. The van der Waals surface area contributed by atoms with Gasteiger partial charge in [-0.15, -0.1) is 0 Å². The van der Waals surface area contributed by atoms with Crippen molar-refractivity contribution in [2.75, 3.05) is 7.11 Å². The van der Waals surface area contributed by atoms with E-state index in [9.17, 15) is 0 Å². The van der Waals surface area contributed by atoms with E-state index >= 15 is 0 Å². The summed E-state index contributed by atoms with van der Waals surface area (Å²) < 4.78 is 11.4. The zero-order valence-corrected chi connectivity index (χ0v) is 11.5. The topological polar surface area (TPSA) is 44.5 Å². The van der Waals surface area contributed by atoms with Crippen LogP contribution in [0.5, 0.6) is 11.5 Å². The van der Waals surface area contributed by atoms with Crippen LogP contribution in [0.4, 0.5) is 0 Å². The van der Waals surface area contributed by atoms with Crippen LogP contribution in [0, 0.1) is 5.92 Å². The molecule has 0 bridgehead atoms. The number of nitrogens with two attached hydrogens (primary N) is 1. The molecular formula is C15H23NO2. The monoisotopic (exact) mass is 249 g/mol. The summed E-state index contributed by atoms with van der Waals surface area (Å²) in [5.41, 5.74) is 7.35. The zero-order valence-electron chi connectivity index (χ0n) is 11.5. The highest BCUT2D eigenvalue weighted by Crippen LogP contribution is 2.38. The Labute approximate surface area is 109 Å². The second-order valence-corrected chi connectivity index (χ2v) is 4.98. The lowest BCUT2D eigenvalue weighted by atomic mass is 9.87. The molecule has 1 heterocycles. The molecule has 2 atom stereocenters. The Balaban J connectivity index is 2.25. The molecule has 0 radical (unpaired) electrons. The van der Waals surface area contributed by atoms with Crippen molar-refractivity contribution < 1.29 is 9.47 Å². The van der Waals surface area contributed by atoms with E-state index in [1.54, 1.807) is 7.11 Å². The van der Waals surface area contributed by atoms with Crippen LogP contribution in [0.3, 0.4) is 0 Å². The summed E-state index contributed by atoms with van der Waals surface area (Å²) in [5, 5.41) is 0. The van der Waals surface area contributed by atoms with Gasteiger partial charge in [0.15, 0.2) is 0 Å². The summed E-state index contributed by atoms with van der Waals surface area (Å²) >= 11 is 0. The van der Waals surface area contributed by atoms with E-state index in [2.05, 4.69) is 13.8 Å². The molecule has 0 spiro atoms. The van der Waals surface area contributed by atoms with Crippen molar-refractivity contribution in [2.45, 2.75) is 45.3 Å². The predicted octanol–water partition coefficient (Wildman–Crippen LogP) is 3.28. The molecule has 2 N–H and O–H groups in total. The standard InChI is InChI=1S/C15H23NO2/c1-4-10(5-2)14-9-13(16)12-7-6-11(17-3)8-15(12)18-14/h6-8,10,13-14H,4-5,9,16H2,1-3H3/t13-,14?/m0/s1. The van der Waals surface area contributed by atoms with Gasteiger partial charge in [-0.3, -0.25) is 0 Å². The van der Waals surface area contributed by atoms with E-state index in [4.69, 9.17) is 15.2 Å². The van der Waals surface area contributed by atoms with Crippen molar-refractivity contribution in [1.29, 1.82) is 0 Å². The van der Waals surface area contributed by atoms with Crippen LogP contribution in [0.15, 0.2) is 18.2 Å². The van der Waals surface area contributed by atoms with Crippen LogP contribution in [0.25, 0.3) is 0 Å². The molecule has 1 aromatic rings. The highest BCUT2D eigenvalue weighted by Gasteiger charge is 2.30. The maximum atomic E-state index is 6.25. The molecule has 2 rings (SSSR count). The van der Waals surface area contributed by atoms with Crippen molar-refractivity contribution in [1.82, 2.24) is 0 Å². The minimum absolute atomic E-state index is 0.0743. The number of hydrogen-bond acceptors (Lipinski definition) is 3. The summed E-state index contributed by atoms with van der Waals surface area (Å²) in [6.07, 6.45) is 3.40. The first kappa shape index (κ1) is 13.2. The van der Waals surface area contributed by atoms with Crippen molar-refractivity contribution in [3.05, 3.63) is 23.8 Å². The van der Waals surface area contributed by atoms with Crippen molar-refractivity contribution in [2.24, 2.45) is 11.7 Å². The van der Waals surface area contributed by atoms with E-state index < -0.39 is 0 Å². The molecule has 1 unspecified atom stereocenters. The maximum absolute atomic E-state index is 6.25. The molecule has 3 heteroatoms. The lowest BCUT2D eigenvalue weighted by Crippen LogP contribution is -2.34. The maximum Gasteiger partial charge on any atom is 0.128 e. The Hall–Kier alpha value is -1.22. The average Bonchev–Trinajstić information content (AvgIpc) is 2.39. The number of hydrogen-bond donors (Lipinski definition) is 1. The fourth-order valence-corrected chi connectivity index (χ4v) is 2.74. The molecule has 0 saturated heterocycles. The van der Waals surface area contributed by atoms with Gasteiger partial charge in [-0.1, -0.05) is 19.9 Å². The first-order valence-corrected chi connectivity index (χ1v) is 6.79.